The zero-order valence-corrected chi connectivity index (χ0v) is 8.60. The van der Waals surface area contributed by atoms with E-state index in [1.165, 1.54) is 0 Å². The Bertz CT molecular complexity index is 304. The second-order valence-corrected chi connectivity index (χ2v) is 4.00. The lowest BCUT2D eigenvalue weighted by molar-refractivity contribution is -0.0486. The smallest absolute Gasteiger partial charge is 0.142 e. The molecule has 1 saturated heterocycles. The van der Waals surface area contributed by atoms with Crippen molar-refractivity contribution in [3.05, 3.63) is 35.9 Å². The van der Waals surface area contributed by atoms with Crippen LogP contribution in [0.15, 0.2) is 30.3 Å². The van der Waals surface area contributed by atoms with Gasteiger partial charge in [0.1, 0.15) is 6.17 Å². The number of ether oxygens (including phenoxy) is 1. The molecule has 0 bridgehead atoms. The molecule has 2 N–H and O–H groups in total. The predicted octanol–water partition coefficient (Wildman–Crippen LogP) is 1.68. The largest absolute Gasteiger partial charge is 0.375 e. The summed E-state index contributed by atoms with van der Waals surface area (Å²) in [5.74, 6) is 0. The minimum absolute atomic E-state index is 0.368. The summed E-state index contributed by atoms with van der Waals surface area (Å²) in [6.07, 6.45) is -0.197. The van der Waals surface area contributed by atoms with Crippen molar-refractivity contribution in [1.29, 1.82) is 0 Å². The summed E-state index contributed by atoms with van der Waals surface area (Å²) < 4.78 is 19.1. The minimum Gasteiger partial charge on any atom is -0.375 e. The number of halogens is 1. The second kappa shape index (κ2) is 4.73. The van der Waals surface area contributed by atoms with Crippen LogP contribution in [0.2, 0.25) is 0 Å². The van der Waals surface area contributed by atoms with Gasteiger partial charge in [0, 0.05) is 19.1 Å². The van der Waals surface area contributed by atoms with Crippen molar-refractivity contribution < 1.29 is 9.13 Å². The highest BCUT2D eigenvalue weighted by atomic mass is 19.1. The van der Waals surface area contributed by atoms with Crippen molar-refractivity contribution in [2.24, 2.45) is 5.73 Å². The Morgan fingerprint density at radius 2 is 2.07 bits per heavy atom. The maximum Gasteiger partial charge on any atom is 0.142 e. The van der Waals surface area contributed by atoms with Gasteiger partial charge in [-0.15, -0.1) is 0 Å². The summed E-state index contributed by atoms with van der Waals surface area (Å²) in [4.78, 5) is 0. The molecule has 0 aliphatic carbocycles. The number of hydrogen-bond donors (Lipinski definition) is 1. The molecule has 0 aromatic heterocycles. The van der Waals surface area contributed by atoms with Crippen LogP contribution in [-0.2, 0) is 11.2 Å². The van der Waals surface area contributed by atoms with Crippen molar-refractivity contribution >= 4 is 0 Å². The van der Waals surface area contributed by atoms with E-state index >= 15 is 0 Å². The van der Waals surface area contributed by atoms with Crippen LogP contribution in [0.4, 0.5) is 4.39 Å². The maximum atomic E-state index is 13.7. The molecule has 1 aliphatic rings. The average Bonchev–Trinajstić information content (AvgIpc) is 2.26. The number of alkyl halides is 1. The summed E-state index contributed by atoms with van der Waals surface area (Å²) in [7, 11) is 0. The van der Waals surface area contributed by atoms with E-state index in [1.54, 1.807) is 0 Å². The summed E-state index contributed by atoms with van der Waals surface area (Å²) in [5.41, 5.74) is 6.76. The fraction of sp³-hybridized carbons (Fsp3) is 0.500. The third-order valence-corrected chi connectivity index (χ3v) is 2.83. The molecule has 1 heterocycles. The van der Waals surface area contributed by atoms with Crippen LogP contribution in [0, 0.1) is 0 Å². The van der Waals surface area contributed by atoms with E-state index < -0.39 is 6.17 Å². The number of nitrogens with two attached hydrogens (primary N) is 1. The molecule has 1 aromatic carbocycles. The summed E-state index contributed by atoms with van der Waals surface area (Å²) >= 11 is 0. The fourth-order valence-corrected chi connectivity index (χ4v) is 1.90. The highest BCUT2D eigenvalue weighted by molar-refractivity contribution is 5.16. The van der Waals surface area contributed by atoms with Gasteiger partial charge in [-0.1, -0.05) is 30.3 Å². The van der Waals surface area contributed by atoms with E-state index in [1.807, 2.05) is 30.3 Å². The van der Waals surface area contributed by atoms with Gasteiger partial charge in [-0.25, -0.2) is 4.39 Å². The Morgan fingerprint density at radius 1 is 1.33 bits per heavy atom. The van der Waals surface area contributed by atoms with Crippen LogP contribution < -0.4 is 5.73 Å². The van der Waals surface area contributed by atoms with E-state index in [4.69, 9.17) is 10.5 Å². The normalized spacial score (nSPS) is 31.5. The van der Waals surface area contributed by atoms with Crippen molar-refractivity contribution in [2.75, 3.05) is 6.61 Å². The molecule has 1 aliphatic heterocycles. The lowest BCUT2D eigenvalue weighted by Crippen LogP contribution is -2.47. The molecule has 15 heavy (non-hydrogen) atoms. The molecule has 2 nitrogen and oxygen atoms in total. The van der Waals surface area contributed by atoms with Gasteiger partial charge in [-0.2, -0.15) is 0 Å². The summed E-state index contributed by atoms with van der Waals surface area (Å²) in [6, 6.07) is 9.44. The highest BCUT2D eigenvalue weighted by Crippen LogP contribution is 2.20. The number of benzene rings is 1. The fourth-order valence-electron chi connectivity index (χ4n) is 1.90. The van der Waals surface area contributed by atoms with Crippen molar-refractivity contribution in [2.45, 2.75) is 31.2 Å². The average molecular weight is 209 g/mol. The summed E-state index contributed by atoms with van der Waals surface area (Å²) in [5, 5.41) is 0. The zero-order chi connectivity index (χ0) is 10.7. The number of hydrogen-bond acceptors (Lipinski definition) is 2. The molecule has 2 rings (SSSR count). The van der Waals surface area contributed by atoms with Gasteiger partial charge < -0.3 is 10.5 Å². The Kier molecular flexibility index (Phi) is 3.34. The molecular formula is C12H16FNO. The standard InChI is InChI=1S/C12H16FNO/c13-12-10(14)6-7-15-11(12)8-9-4-2-1-3-5-9/h1-5,10-12H,6-8,14H2. The molecule has 3 unspecified atom stereocenters. The molecule has 1 aromatic rings. The highest BCUT2D eigenvalue weighted by Gasteiger charge is 2.31. The van der Waals surface area contributed by atoms with Gasteiger partial charge >= 0.3 is 0 Å². The minimum atomic E-state index is -1.04. The van der Waals surface area contributed by atoms with Crippen molar-refractivity contribution in [3.63, 3.8) is 0 Å². The first kappa shape index (κ1) is 10.6. The molecule has 0 saturated carbocycles. The van der Waals surface area contributed by atoms with E-state index in [0.29, 0.717) is 19.4 Å². The van der Waals surface area contributed by atoms with Crippen LogP contribution in [0.1, 0.15) is 12.0 Å². The molecule has 0 radical (unpaired) electrons. The molecule has 3 heteroatoms. The Labute approximate surface area is 89.2 Å². The molecular weight excluding hydrogens is 193 g/mol. The first-order valence-corrected chi connectivity index (χ1v) is 5.32. The monoisotopic (exact) mass is 209 g/mol. The van der Waals surface area contributed by atoms with Gasteiger partial charge in [0.15, 0.2) is 0 Å². The third-order valence-electron chi connectivity index (χ3n) is 2.83. The van der Waals surface area contributed by atoms with E-state index in [2.05, 4.69) is 0 Å². The lowest BCUT2D eigenvalue weighted by Gasteiger charge is -2.31. The second-order valence-electron chi connectivity index (χ2n) is 4.00. The van der Waals surface area contributed by atoms with Crippen LogP contribution >= 0.6 is 0 Å². The molecule has 3 atom stereocenters. The zero-order valence-electron chi connectivity index (χ0n) is 8.60. The van der Waals surface area contributed by atoms with Crippen LogP contribution in [-0.4, -0.2) is 24.9 Å². The quantitative estimate of drug-likeness (QED) is 0.804. The van der Waals surface area contributed by atoms with E-state index in [0.717, 1.165) is 5.56 Å². The molecule has 0 amide bonds. The predicted molar refractivity (Wildman–Crippen MR) is 57.4 cm³/mol. The topological polar surface area (TPSA) is 35.2 Å². The Balaban J connectivity index is 1.99. The SMILES string of the molecule is NC1CCOC(Cc2ccccc2)C1F. The maximum absolute atomic E-state index is 13.7. The lowest BCUT2D eigenvalue weighted by atomic mass is 9.96. The van der Waals surface area contributed by atoms with E-state index in [-0.39, 0.29) is 12.1 Å². The number of rotatable bonds is 2. The Morgan fingerprint density at radius 3 is 2.80 bits per heavy atom. The first-order chi connectivity index (χ1) is 7.27. The van der Waals surface area contributed by atoms with Crippen LogP contribution in [0.5, 0.6) is 0 Å². The van der Waals surface area contributed by atoms with Crippen LogP contribution in [0.25, 0.3) is 0 Å². The van der Waals surface area contributed by atoms with Gasteiger partial charge in [0.05, 0.1) is 6.10 Å². The van der Waals surface area contributed by atoms with E-state index in [9.17, 15) is 4.39 Å². The van der Waals surface area contributed by atoms with Gasteiger partial charge in [0.2, 0.25) is 0 Å². The van der Waals surface area contributed by atoms with Gasteiger partial charge in [-0.05, 0) is 12.0 Å². The molecule has 82 valence electrons. The molecule has 1 fully saturated rings. The summed E-state index contributed by atoms with van der Waals surface area (Å²) in [6.45, 7) is 0.569. The Hall–Kier alpha value is -0.930. The third kappa shape index (κ3) is 2.55. The van der Waals surface area contributed by atoms with Gasteiger partial charge in [0.25, 0.3) is 0 Å². The van der Waals surface area contributed by atoms with Crippen molar-refractivity contribution in [3.8, 4) is 0 Å². The van der Waals surface area contributed by atoms with Crippen LogP contribution in [0.3, 0.4) is 0 Å². The first-order valence-electron chi connectivity index (χ1n) is 5.32. The van der Waals surface area contributed by atoms with Gasteiger partial charge in [-0.3, -0.25) is 0 Å². The van der Waals surface area contributed by atoms with Crippen molar-refractivity contribution in [1.82, 2.24) is 0 Å². The molecule has 0 spiro atoms.